The van der Waals surface area contributed by atoms with E-state index in [-0.39, 0.29) is 5.91 Å². The Balaban J connectivity index is 1.33. The van der Waals surface area contributed by atoms with Gasteiger partial charge < -0.3 is 14.6 Å². The molecule has 1 aromatic heterocycles. The smallest absolute Gasteiger partial charge is 0.251 e. The van der Waals surface area contributed by atoms with Crippen molar-refractivity contribution in [3.05, 3.63) is 48.5 Å². The summed E-state index contributed by atoms with van der Waals surface area (Å²) in [5.74, 6) is 1.28. The van der Waals surface area contributed by atoms with E-state index >= 15 is 0 Å². The number of hydrogen-bond acceptors (Lipinski definition) is 5. The van der Waals surface area contributed by atoms with Crippen molar-refractivity contribution in [3.63, 3.8) is 0 Å². The van der Waals surface area contributed by atoms with Crippen LogP contribution >= 0.6 is 0 Å². The van der Waals surface area contributed by atoms with Gasteiger partial charge in [0.05, 0.1) is 11.4 Å². The SMILES string of the molecule is O=C(NCC1CC1)C1Cn2ccnc2C2(CCN(S(=O)(=O)c3ccccc3)CC2)O1. The first-order valence-corrected chi connectivity index (χ1v) is 11.9. The Morgan fingerprint density at radius 2 is 1.93 bits per heavy atom. The van der Waals surface area contributed by atoms with Crippen molar-refractivity contribution in [2.45, 2.75) is 48.8 Å². The molecule has 3 heterocycles. The number of aromatic nitrogens is 2. The molecule has 30 heavy (non-hydrogen) atoms. The maximum Gasteiger partial charge on any atom is 0.251 e. The van der Waals surface area contributed by atoms with Gasteiger partial charge in [-0.1, -0.05) is 18.2 Å². The van der Waals surface area contributed by atoms with Crippen molar-refractivity contribution in [2.24, 2.45) is 5.92 Å². The number of carbonyl (C=O) groups excluding carboxylic acids is 1. The van der Waals surface area contributed by atoms with Gasteiger partial charge in [0, 0.05) is 32.0 Å². The van der Waals surface area contributed by atoms with Gasteiger partial charge in [-0.3, -0.25) is 4.79 Å². The molecule has 1 aliphatic carbocycles. The summed E-state index contributed by atoms with van der Waals surface area (Å²) in [4.78, 5) is 17.5. The Morgan fingerprint density at radius 1 is 1.20 bits per heavy atom. The summed E-state index contributed by atoms with van der Waals surface area (Å²) >= 11 is 0. The molecule has 1 saturated heterocycles. The minimum atomic E-state index is -3.55. The van der Waals surface area contributed by atoms with E-state index in [9.17, 15) is 13.2 Å². The summed E-state index contributed by atoms with van der Waals surface area (Å²) < 4.78 is 35.8. The number of imidazole rings is 1. The summed E-state index contributed by atoms with van der Waals surface area (Å²) in [7, 11) is -3.55. The minimum absolute atomic E-state index is 0.0973. The van der Waals surface area contributed by atoms with Gasteiger partial charge in [-0.25, -0.2) is 13.4 Å². The van der Waals surface area contributed by atoms with Gasteiger partial charge in [-0.2, -0.15) is 4.31 Å². The number of fused-ring (bicyclic) bond motifs is 2. The van der Waals surface area contributed by atoms with E-state index in [0.29, 0.717) is 49.8 Å². The largest absolute Gasteiger partial charge is 0.354 e. The number of nitrogens with zero attached hydrogens (tertiary/aromatic N) is 3. The van der Waals surface area contributed by atoms with Gasteiger partial charge in [-0.15, -0.1) is 0 Å². The molecule has 9 heteroatoms. The molecule has 0 radical (unpaired) electrons. The average Bonchev–Trinajstić information content (AvgIpc) is 3.47. The van der Waals surface area contributed by atoms with Crippen LogP contribution in [0.4, 0.5) is 0 Å². The van der Waals surface area contributed by atoms with Gasteiger partial charge in [-0.05, 0) is 43.7 Å². The van der Waals surface area contributed by atoms with Gasteiger partial charge in [0.1, 0.15) is 11.4 Å². The lowest BCUT2D eigenvalue weighted by Crippen LogP contribution is -2.54. The average molecular weight is 431 g/mol. The van der Waals surface area contributed by atoms with Crippen LogP contribution in [0.25, 0.3) is 0 Å². The van der Waals surface area contributed by atoms with E-state index < -0.39 is 21.7 Å². The Labute approximate surface area is 176 Å². The van der Waals surface area contributed by atoms with Crippen molar-refractivity contribution >= 4 is 15.9 Å². The first-order chi connectivity index (χ1) is 14.5. The second-order valence-electron chi connectivity index (χ2n) is 8.41. The molecule has 2 aliphatic heterocycles. The fourth-order valence-electron chi connectivity index (χ4n) is 4.38. The highest BCUT2D eigenvalue weighted by molar-refractivity contribution is 7.89. The summed E-state index contributed by atoms with van der Waals surface area (Å²) in [5.41, 5.74) is -0.744. The lowest BCUT2D eigenvalue weighted by molar-refractivity contribution is -0.170. The van der Waals surface area contributed by atoms with Crippen LogP contribution in [-0.2, 0) is 31.7 Å². The van der Waals surface area contributed by atoms with Crippen LogP contribution in [-0.4, -0.2) is 53.9 Å². The summed E-state index contributed by atoms with van der Waals surface area (Å²) in [6, 6.07) is 8.48. The minimum Gasteiger partial charge on any atom is -0.354 e. The second-order valence-corrected chi connectivity index (χ2v) is 10.3. The Kier molecular flexibility index (Phi) is 4.91. The molecular weight excluding hydrogens is 404 g/mol. The van der Waals surface area contributed by atoms with Crippen LogP contribution in [0.2, 0.25) is 0 Å². The Morgan fingerprint density at radius 3 is 2.63 bits per heavy atom. The van der Waals surface area contributed by atoms with Crippen LogP contribution in [0.1, 0.15) is 31.5 Å². The number of hydrogen-bond donors (Lipinski definition) is 1. The zero-order chi connectivity index (χ0) is 20.8. The van der Waals surface area contributed by atoms with Crippen molar-refractivity contribution < 1.29 is 17.9 Å². The van der Waals surface area contributed by atoms with E-state index in [4.69, 9.17) is 4.74 Å². The van der Waals surface area contributed by atoms with Crippen molar-refractivity contribution in [2.75, 3.05) is 19.6 Å². The van der Waals surface area contributed by atoms with Gasteiger partial charge in [0.15, 0.2) is 6.10 Å². The van der Waals surface area contributed by atoms with Crippen LogP contribution in [0.15, 0.2) is 47.6 Å². The van der Waals surface area contributed by atoms with Gasteiger partial charge in [0.25, 0.3) is 5.91 Å². The van der Waals surface area contributed by atoms with Crippen molar-refractivity contribution in [1.82, 2.24) is 19.2 Å². The van der Waals surface area contributed by atoms with Gasteiger partial charge in [0.2, 0.25) is 10.0 Å². The molecule has 3 aliphatic rings. The van der Waals surface area contributed by atoms with E-state index in [0.717, 1.165) is 5.82 Å². The van der Waals surface area contributed by atoms with Crippen LogP contribution in [0, 0.1) is 5.92 Å². The van der Waals surface area contributed by atoms with Gasteiger partial charge >= 0.3 is 0 Å². The number of carbonyl (C=O) groups is 1. The number of amides is 1. The maximum absolute atomic E-state index is 13.0. The number of rotatable bonds is 5. The lowest BCUT2D eigenvalue weighted by Gasteiger charge is -2.45. The fourth-order valence-corrected chi connectivity index (χ4v) is 5.85. The highest BCUT2D eigenvalue weighted by atomic mass is 32.2. The highest BCUT2D eigenvalue weighted by Gasteiger charge is 2.48. The normalized spacial score (nSPS) is 23.8. The van der Waals surface area contributed by atoms with Crippen LogP contribution in [0.5, 0.6) is 0 Å². The van der Waals surface area contributed by atoms with Crippen LogP contribution in [0.3, 0.4) is 0 Å². The molecule has 1 aromatic carbocycles. The number of piperidine rings is 1. The number of nitrogens with one attached hydrogen (secondary N) is 1. The molecule has 1 N–H and O–H groups in total. The van der Waals surface area contributed by atoms with E-state index in [2.05, 4.69) is 10.3 Å². The van der Waals surface area contributed by atoms with E-state index in [1.165, 1.54) is 17.1 Å². The standard InChI is InChI=1S/C21H26N4O4S/c26-19(23-14-16-6-7-16)18-15-24-13-10-22-20(24)21(29-18)8-11-25(12-9-21)30(27,28)17-4-2-1-3-5-17/h1-5,10,13,16,18H,6-9,11-12,14-15H2,(H,23,26). The molecule has 8 nitrogen and oxygen atoms in total. The quantitative estimate of drug-likeness (QED) is 0.776. The fraction of sp³-hybridized carbons (Fsp3) is 0.524. The molecule has 1 atom stereocenters. The number of ether oxygens (including phenoxy) is 1. The third-order valence-electron chi connectivity index (χ3n) is 6.32. The van der Waals surface area contributed by atoms with Crippen molar-refractivity contribution in [1.29, 1.82) is 0 Å². The first kappa shape index (κ1) is 19.7. The summed E-state index contributed by atoms with van der Waals surface area (Å²) in [5, 5.41) is 3.01. The number of benzene rings is 1. The molecule has 1 unspecified atom stereocenters. The molecule has 5 rings (SSSR count). The maximum atomic E-state index is 13.0. The Hall–Kier alpha value is -2.23. The van der Waals surface area contributed by atoms with Crippen LogP contribution < -0.4 is 5.32 Å². The first-order valence-electron chi connectivity index (χ1n) is 10.5. The molecule has 2 aromatic rings. The molecule has 2 fully saturated rings. The highest BCUT2D eigenvalue weighted by Crippen LogP contribution is 2.41. The molecule has 1 amide bonds. The molecule has 1 spiro atoms. The molecule has 1 saturated carbocycles. The van der Waals surface area contributed by atoms with E-state index in [1.54, 1.807) is 36.5 Å². The third-order valence-corrected chi connectivity index (χ3v) is 8.23. The predicted molar refractivity (Wildman–Crippen MR) is 109 cm³/mol. The van der Waals surface area contributed by atoms with E-state index in [1.807, 2.05) is 10.8 Å². The summed E-state index contributed by atoms with van der Waals surface area (Å²) in [6.07, 6.45) is 6.26. The second kappa shape index (κ2) is 7.47. The monoisotopic (exact) mass is 430 g/mol. The number of sulfonamides is 1. The molecular formula is C21H26N4O4S. The third kappa shape index (κ3) is 3.55. The zero-order valence-electron chi connectivity index (χ0n) is 16.7. The molecule has 0 bridgehead atoms. The topological polar surface area (TPSA) is 93.5 Å². The lowest BCUT2D eigenvalue weighted by atomic mass is 9.89. The Bertz CT molecular complexity index is 1020. The zero-order valence-corrected chi connectivity index (χ0v) is 17.6. The summed E-state index contributed by atoms with van der Waals surface area (Å²) in [6.45, 7) is 1.77. The predicted octanol–water partition coefficient (Wildman–Crippen LogP) is 1.49. The molecule has 160 valence electrons. The van der Waals surface area contributed by atoms with Crippen molar-refractivity contribution in [3.8, 4) is 0 Å².